The molecule has 0 aromatic heterocycles. The molecular weight excluding hydrogens is 286 g/mol. The van der Waals surface area contributed by atoms with Gasteiger partial charge in [0, 0.05) is 16.9 Å². The Morgan fingerprint density at radius 2 is 2.06 bits per heavy atom. The lowest BCUT2D eigenvalue weighted by atomic mass is 9.76. The smallest absolute Gasteiger partial charge is 0.0210 e. The molecule has 1 fully saturated rings. The van der Waals surface area contributed by atoms with Crippen LogP contribution in [-0.4, -0.2) is 12.6 Å². The molecule has 0 unspecified atom stereocenters. The fraction of sp³-hybridized carbons (Fsp3) is 0.500. The Morgan fingerprint density at radius 1 is 1.28 bits per heavy atom. The third-order valence-electron chi connectivity index (χ3n) is 3.66. The Morgan fingerprint density at radius 3 is 2.78 bits per heavy atom. The highest BCUT2D eigenvalue weighted by Gasteiger charge is 2.30. The number of hydrogen-bond donors (Lipinski definition) is 1. The molecule has 0 heterocycles. The van der Waals surface area contributed by atoms with Gasteiger partial charge in [0.25, 0.3) is 0 Å². The molecule has 0 bridgehead atoms. The first-order valence-electron chi connectivity index (χ1n) is 6.72. The SMILES string of the molecule is C#CCCCCNC1CC(c2ccccc2Br)C1. The summed E-state index contributed by atoms with van der Waals surface area (Å²) >= 11 is 3.63. The summed E-state index contributed by atoms with van der Waals surface area (Å²) < 4.78 is 1.25. The molecule has 96 valence electrons. The van der Waals surface area contributed by atoms with E-state index in [1.165, 1.54) is 29.3 Å². The molecule has 0 saturated heterocycles. The van der Waals surface area contributed by atoms with Gasteiger partial charge in [-0.2, -0.15) is 0 Å². The topological polar surface area (TPSA) is 12.0 Å². The third-order valence-corrected chi connectivity index (χ3v) is 4.39. The average molecular weight is 306 g/mol. The van der Waals surface area contributed by atoms with E-state index in [1.807, 2.05) is 0 Å². The van der Waals surface area contributed by atoms with Crippen molar-refractivity contribution in [1.82, 2.24) is 5.32 Å². The van der Waals surface area contributed by atoms with Crippen molar-refractivity contribution in [3.63, 3.8) is 0 Å². The molecule has 18 heavy (non-hydrogen) atoms. The first kappa shape index (κ1) is 13.6. The number of unbranched alkanes of at least 4 members (excludes halogenated alkanes) is 2. The molecule has 1 N–H and O–H groups in total. The van der Waals surface area contributed by atoms with Crippen molar-refractivity contribution in [3.8, 4) is 12.3 Å². The zero-order chi connectivity index (χ0) is 12.8. The van der Waals surface area contributed by atoms with Gasteiger partial charge in [0.05, 0.1) is 0 Å². The predicted octanol–water partition coefficient (Wildman–Crippen LogP) is 4.09. The predicted molar refractivity (Wildman–Crippen MR) is 80.6 cm³/mol. The lowest BCUT2D eigenvalue weighted by Gasteiger charge is -2.37. The molecule has 1 aliphatic rings. The van der Waals surface area contributed by atoms with E-state index in [2.05, 4.69) is 51.4 Å². The Labute approximate surface area is 118 Å². The van der Waals surface area contributed by atoms with Crippen LogP contribution >= 0.6 is 15.9 Å². The molecule has 0 radical (unpaired) electrons. The number of halogens is 1. The molecule has 1 nitrogen and oxygen atoms in total. The lowest BCUT2D eigenvalue weighted by Crippen LogP contribution is -2.40. The van der Waals surface area contributed by atoms with Crippen LogP contribution in [-0.2, 0) is 0 Å². The summed E-state index contributed by atoms with van der Waals surface area (Å²) in [6.45, 7) is 1.11. The van der Waals surface area contributed by atoms with Crippen LogP contribution in [0.3, 0.4) is 0 Å². The van der Waals surface area contributed by atoms with Crippen molar-refractivity contribution in [2.75, 3.05) is 6.54 Å². The summed E-state index contributed by atoms with van der Waals surface area (Å²) in [6, 6.07) is 9.27. The van der Waals surface area contributed by atoms with Crippen LogP contribution in [0.15, 0.2) is 28.7 Å². The van der Waals surface area contributed by atoms with Crippen molar-refractivity contribution in [1.29, 1.82) is 0 Å². The number of benzene rings is 1. The van der Waals surface area contributed by atoms with Crippen LogP contribution < -0.4 is 5.32 Å². The van der Waals surface area contributed by atoms with Gasteiger partial charge >= 0.3 is 0 Å². The normalized spacial score (nSPS) is 22.2. The van der Waals surface area contributed by atoms with Crippen LogP contribution in [0.2, 0.25) is 0 Å². The minimum Gasteiger partial charge on any atom is -0.314 e. The van der Waals surface area contributed by atoms with E-state index in [9.17, 15) is 0 Å². The maximum atomic E-state index is 5.23. The van der Waals surface area contributed by atoms with Crippen LogP contribution in [0.1, 0.15) is 43.6 Å². The second-order valence-electron chi connectivity index (χ2n) is 5.00. The van der Waals surface area contributed by atoms with Crippen LogP contribution in [0.5, 0.6) is 0 Å². The van der Waals surface area contributed by atoms with E-state index in [1.54, 1.807) is 0 Å². The quantitative estimate of drug-likeness (QED) is 0.616. The Hall–Kier alpha value is -0.780. The summed E-state index contributed by atoms with van der Waals surface area (Å²) in [7, 11) is 0. The van der Waals surface area contributed by atoms with Crippen molar-refractivity contribution >= 4 is 15.9 Å². The molecule has 0 atom stereocenters. The molecule has 0 aliphatic heterocycles. The maximum Gasteiger partial charge on any atom is 0.0210 e. The summed E-state index contributed by atoms with van der Waals surface area (Å²) in [5, 5.41) is 3.61. The van der Waals surface area contributed by atoms with E-state index in [0.29, 0.717) is 6.04 Å². The minimum absolute atomic E-state index is 0.702. The van der Waals surface area contributed by atoms with Gasteiger partial charge in [-0.25, -0.2) is 0 Å². The minimum atomic E-state index is 0.702. The fourth-order valence-corrected chi connectivity index (χ4v) is 3.11. The Balaban J connectivity index is 1.65. The fourth-order valence-electron chi connectivity index (χ4n) is 2.50. The Kier molecular flexibility index (Phi) is 5.28. The number of terminal acetylenes is 1. The molecule has 1 aromatic rings. The van der Waals surface area contributed by atoms with Gasteiger partial charge in [0.15, 0.2) is 0 Å². The van der Waals surface area contributed by atoms with Gasteiger partial charge in [-0.15, -0.1) is 12.3 Å². The van der Waals surface area contributed by atoms with Gasteiger partial charge < -0.3 is 5.32 Å². The molecule has 0 amide bonds. The van der Waals surface area contributed by atoms with E-state index in [4.69, 9.17) is 6.42 Å². The van der Waals surface area contributed by atoms with E-state index in [0.717, 1.165) is 25.3 Å². The van der Waals surface area contributed by atoms with Crippen LogP contribution in [0.25, 0.3) is 0 Å². The third kappa shape index (κ3) is 3.60. The van der Waals surface area contributed by atoms with Gasteiger partial charge in [0.2, 0.25) is 0 Å². The van der Waals surface area contributed by atoms with Crippen LogP contribution in [0, 0.1) is 12.3 Å². The molecule has 2 heteroatoms. The van der Waals surface area contributed by atoms with Crippen molar-refractivity contribution in [2.45, 2.75) is 44.1 Å². The molecule has 1 aliphatic carbocycles. The van der Waals surface area contributed by atoms with Crippen LogP contribution in [0.4, 0.5) is 0 Å². The zero-order valence-corrected chi connectivity index (χ0v) is 12.2. The molecule has 0 spiro atoms. The average Bonchev–Trinajstić information content (AvgIpc) is 2.33. The molecule has 2 rings (SSSR count). The summed E-state index contributed by atoms with van der Waals surface area (Å²) in [4.78, 5) is 0. The highest BCUT2D eigenvalue weighted by atomic mass is 79.9. The molecule has 1 aromatic carbocycles. The maximum absolute atomic E-state index is 5.23. The van der Waals surface area contributed by atoms with Crippen molar-refractivity contribution in [3.05, 3.63) is 34.3 Å². The van der Waals surface area contributed by atoms with Crippen molar-refractivity contribution < 1.29 is 0 Å². The van der Waals surface area contributed by atoms with Gasteiger partial charge in [0.1, 0.15) is 0 Å². The summed E-state index contributed by atoms with van der Waals surface area (Å²) in [5.41, 5.74) is 1.46. The molecular formula is C16H20BrN. The Bertz CT molecular complexity index is 415. The van der Waals surface area contributed by atoms with Gasteiger partial charge in [-0.05, 0) is 49.8 Å². The highest BCUT2D eigenvalue weighted by Crippen LogP contribution is 2.39. The number of rotatable bonds is 6. The monoisotopic (exact) mass is 305 g/mol. The van der Waals surface area contributed by atoms with Crippen molar-refractivity contribution in [2.24, 2.45) is 0 Å². The van der Waals surface area contributed by atoms with E-state index >= 15 is 0 Å². The first-order chi connectivity index (χ1) is 8.81. The molecule has 1 saturated carbocycles. The second-order valence-corrected chi connectivity index (χ2v) is 5.86. The second kappa shape index (κ2) is 6.97. The van der Waals surface area contributed by atoms with Gasteiger partial charge in [-0.3, -0.25) is 0 Å². The summed E-state index contributed by atoms with van der Waals surface area (Å²) in [6.07, 6.45) is 11.0. The van der Waals surface area contributed by atoms with E-state index < -0.39 is 0 Å². The highest BCUT2D eigenvalue weighted by molar-refractivity contribution is 9.10. The zero-order valence-electron chi connectivity index (χ0n) is 10.7. The largest absolute Gasteiger partial charge is 0.314 e. The standard InChI is InChI=1S/C16H20BrN/c1-2-3-4-7-10-18-14-11-13(12-14)15-8-5-6-9-16(15)17/h1,5-6,8-9,13-14,18H,3-4,7,10-12H2. The van der Waals surface area contributed by atoms with Gasteiger partial charge in [-0.1, -0.05) is 34.1 Å². The summed E-state index contributed by atoms with van der Waals surface area (Å²) in [5.74, 6) is 3.41. The lowest BCUT2D eigenvalue weighted by molar-refractivity contribution is 0.289. The number of nitrogens with one attached hydrogen (secondary N) is 1. The van der Waals surface area contributed by atoms with E-state index in [-0.39, 0.29) is 0 Å². The first-order valence-corrected chi connectivity index (χ1v) is 7.52. The number of hydrogen-bond acceptors (Lipinski definition) is 1.